The minimum Gasteiger partial charge on any atom is -0.326 e. The van der Waals surface area contributed by atoms with E-state index in [1.54, 1.807) is 11.3 Å². The van der Waals surface area contributed by atoms with Gasteiger partial charge in [0.2, 0.25) is 0 Å². The third-order valence-electron chi connectivity index (χ3n) is 3.47. The second-order valence-electron chi connectivity index (χ2n) is 4.93. The van der Waals surface area contributed by atoms with E-state index in [4.69, 9.17) is 17.3 Å². The van der Waals surface area contributed by atoms with Gasteiger partial charge in [0.05, 0.1) is 17.2 Å². The minimum atomic E-state index is 0.0403. The van der Waals surface area contributed by atoms with Gasteiger partial charge in [0.1, 0.15) is 0 Å². The van der Waals surface area contributed by atoms with Crippen molar-refractivity contribution in [2.75, 3.05) is 7.05 Å². The zero-order chi connectivity index (χ0) is 14.5. The SMILES string of the molecule is CCC(N)C(c1ccccc1Cl)N(C)Cc1cscn1. The van der Waals surface area contributed by atoms with E-state index < -0.39 is 0 Å². The second-order valence-corrected chi connectivity index (χ2v) is 6.06. The molecule has 108 valence electrons. The lowest BCUT2D eigenvalue weighted by molar-refractivity contribution is 0.200. The maximum atomic E-state index is 6.35. The van der Waals surface area contributed by atoms with Gasteiger partial charge in [-0.3, -0.25) is 4.90 Å². The van der Waals surface area contributed by atoms with Gasteiger partial charge in [-0.1, -0.05) is 36.7 Å². The number of hydrogen-bond donors (Lipinski definition) is 1. The van der Waals surface area contributed by atoms with Crippen LogP contribution >= 0.6 is 22.9 Å². The third kappa shape index (κ3) is 3.58. The fourth-order valence-electron chi connectivity index (χ4n) is 2.40. The number of aromatic nitrogens is 1. The summed E-state index contributed by atoms with van der Waals surface area (Å²) in [5.41, 5.74) is 10.3. The number of halogens is 1. The summed E-state index contributed by atoms with van der Waals surface area (Å²) in [7, 11) is 2.07. The van der Waals surface area contributed by atoms with Crippen LogP contribution in [0.4, 0.5) is 0 Å². The number of rotatable bonds is 6. The highest BCUT2D eigenvalue weighted by molar-refractivity contribution is 7.07. The molecular formula is C15H20ClN3S. The van der Waals surface area contributed by atoms with Crippen LogP contribution in [0.2, 0.25) is 5.02 Å². The van der Waals surface area contributed by atoms with Crippen LogP contribution in [0, 0.1) is 0 Å². The Balaban J connectivity index is 2.25. The smallest absolute Gasteiger partial charge is 0.0795 e. The molecule has 0 radical (unpaired) electrons. The van der Waals surface area contributed by atoms with Gasteiger partial charge >= 0.3 is 0 Å². The molecule has 1 aromatic heterocycles. The van der Waals surface area contributed by atoms with Crippen molar-refractivity contribution in [2.45, 2.75) is 32.0 Å². The lowest BCUT2D eigenvalue weighted by Crippen LogP contribution is -2.38. The van der Waals surface area contributed by atoms with Gasteiger partial charge in [-0.05, 0) is 25.1 Å². The van der Waals surface area contributed by atoms with Crippen LogP contribution in [0.15, 0.2) is 35.2 Å². The van der Waals surface area contributed by atoms with E-state index in [2.05, 4.69) is 35.3 Å². The highest BCUT2D eigenvalue weighted by Crippen LogP contribution is 2.30. The molecule has 0 spiro atoms. The summed E-state index contributed by atoms with van der Waals surface area (Å²) in [6, 6.07) is 8.06. The third-order valence-corrected chi connectivity index (χ3v) is 4.45. The van der Waals surface area contributed by atoms with Crippen LogP contribution < -0.4 is 5.73 Å². The molecule has 20 heavy (non-hydrogen) atoms. The van der Waals surface area contributed by atoms with Crippen LogP contribution in [-0.2, 0) is 6.54 Å². The molecule has 2 atom stereocenters. The first-order valence-corrected chi connectivity index (χ1v) is 8.02. The molecule has 0 aliphatic heterocycles. The summed E-state index contributed by atoms with van der Waals surface area (Å²) in [4.78, 5) is 6.57. The fourth-order valence-corrected chi connectivity index (χ4v) is 3.20. The van der Waals surface area contributed by atoms with E-state index in [0.717, 1.165) is 29.2 Å². The van der Waals surface area contributed by atoms with Gasteiger partial charge in [-0.2, -0.15) is 0 Å². The van der Waals surface area contributed by atoms with E-state index in [-0.39, 0.29) is 12.1 Å². The molecule has 1 heterocycles. The molecule has 5 heteroatoms. The Morgan fingerprint density at radius 3 is 2.75 bits per heavy atom. The summed E-state index contributed by atoms with van der Waals surface area (Å²) >= 11 is 7.96. The summed E-state index contributed by atoms with van der Waals surface area (Å²) < 4.78 is 0. The highest BCUT2D eigenvalue weighted by Gasteiger charge is 2.25. The summed E-state index contributed by atoms with van der Waals surface area (Å²) in [5.74, 6) is 0. The Morgan fingerprint density at radius 2 is 2.15 bits per heavy atom. The van der Waals surface area contributed by atoms with Crippen molar-refractivity contribution in [3.05, 3.63) is 51.4 Å². The van der Waals surface area contributed by atoms with E-state index >= 15 is 0 Å². The lowest BCUT2D eigenvalue weighted by Gasteiger charge is -2.33. The van der Waals surface area contributed by atoms with Crippen molar-refractivity contribution < 1.29 is 0 Å². The zero-order valence-corrected chi connectivity index (χ0v) is 13.4. The van der Waals surface area contributed by atoms with Crippen LogP contribution in [0.1, 0.15) is 30.6 Å². The average Bonchev–Trinajstić information content (AvgIpc) is 2.93. The molecule has 0 saturated heterocycles. The van der Waals surface area contributed by atoms with Gasteiger partial charge in [0, 0.05) is 23.0 Å². The van der Waals surface area contributed by atoms with Gasteiger partial charge in [-0.25, -0.2) is 4.98 Å². The maximum Gasteiger partial charge on any atom is 0.0795 e. The molecule has 2 N–H and O–H groups in total. The molecule has 0 aliphatic rings. The second kappa shape index (κ2) is 7.18. The van der Waals surface area contributed by atoms with Crippen LogP contribution in [0.5, 0.6) is 0 Å². The quantitative estimate of drug-likeness (QED) is 0.884. The van der Waals surface area contributed by atoms with Crippen LogP contribution in [-0.4, -0.2) is 23.0 Å². The van der Waals surface area contributed by atoms with Crippen LogP contribution in [0.3, 0.4) is 0 Å². The molecule has 0 saturated carbocycles. The van der Waals surface area contributed by atoms with Crippen molar-refractivity contribution in [1.82, 2.24) is 9.88 Å². The number of hydrogen-bond acceptors (Lipinski definition) is 4. The molecular weight excluding hydrogens is 290 g/mol. The highest BCUT2D eigenvalue weighted by atomic mass is 35.5. The van der Waals surface area contributed by atoms with Gasteiger partial charge in [0.25, 0.3) is 0 Å². The van der Waals surface area contributed by atoms with Gasteiger partial charge in [-0.15, -0.1) is 11.3 Å². The summed E-state index contributed by atoms with van der Waals surface area (Å²) in [6.07, 6.45) is 0.900. The Kier molecular flexibility index (Phi) is 5.54. The van der Waals surface area contributed by atoms with E-state index in [1.165, 1.54) is 0 Å². The maximum absolute atomic E-state index is 6.35. The Labute approximate surface area is 129 Å². The number of likely N-dealkylation sites (N-methyl/N-ethyl adjacent to an activating group) is 1. The van der Waals surface area contributed by atoms with Crippen molar-refractivity contribution in [3.8, 4) is 0 Å². The Hall–Kier alpha value is -0.940. The van der Waals surface area contributed by atoms with Crippen molar-refractivity contribution >= 4 is 22.9 Å². The molecule has 0 aliphatic carbocycles. The summed E-state index contributed by atoms with van der Waals surface area (Å²) in [5, 5.41) is 2.84. The summed E-state index contributed by atoms with van der Waals surface area (Å²) in [6.45, 7) is 2.87. The average molecular weight is 310 g/mol. The molecule has 2 rings (SSSR count). The number of nitrogens with zero attached hydrogens (tertiary/aromatic N) is 2. The monoisotopic (exact) mass is 309 g/mol. The first-order valence-electron chi connectivity index (χ1n) is 6.70. The van der Waals surface area contributed by atoms with Gasteiger partial charge in [0.15, 0.2) is 0 Å². The molecule has 3 nitrogen and oxygen atoms in total. The minimum absolute atomic E-state index is 0.0403. The predicted molar refractivity (Wildman–Crippen MR) is 86.0 cm³/mol. The molecule has 0 amide bonds. The van der Waals surface area contributed by atoms with E-state index in [0.29, 0.717) is 0 Å². The first-order chi connectivity index (χ1) is 9.63. The normalized spacial score (nSPS) is 14.4. The number of thiazole rings is 1. The van der Waals surface area contributed by atoms with Gasteiger partial charge < -0.3 is 5.73 Å². The molecule has 2 unspecified atom stereocenters. The Morgan fingerprint density at radius 1 is 1.40 bits per heavy atom. The number of nitrogens with two attached hydrogens (primary N) is 1. The van der Waals surface area contributed by atoms with E-state index in [9.17, 15) is 0 Å². The van der Waals surface area contributed by atoms with Crippen molar-refractivity contribution in [1.29, 1.82) is 0 Å². The fraction of sp³-hybridized carbons (Fsp3) is 0.400. The topological polar surface area (TPSA) is 42.1 Å². The Bertz CT molecular complexity index is 530. The largest absolute Gasteiger partial charge is 0.326 e. The first kappa shape index (κ1) is 15.4. The molecule has 1 aromatic carbocycles. The predicted octanol–water partition coefficient (Wildman–Crippen LogP) is 3.71. The standard InChI is InChI=1S/C15H20ClN3S/c1-3-14(17)15(12-6-4-5-7-13(12)16)19(2)8-11-9-20-10-18-11/h4-7,9-10,14-15H,3,8,17H2,1-2H3. The van der Waals surface area contributed by atoms with Crippen molar-refractivity contribution in [3.63, 3.8) is 0 Å². The molecule has 2 aromatic rings. The lowest BCUT2D eigenvalue weighted by atomic mass is 9.96. The molecule has 0 fully saturated rings. The zero-order valence-electron chi connectivity index (χ0n) is 11.8. The number of benzene rings is 1. The van der Waals surface area contributed by atoms with Crippen LogP contribution in [0.25, 0.3) is 0 Å². The van der Waals surface area contributed by atoms with E-state index in [1.807, 2.05) is 23.7 Å². The molecule has 0 bridgehead atoms. The van der Waals surface area contributed by atoms with Crippen molar-refractivity contribution in [2.24, 2.45) is 5.73 Å².